The molecule has 144 valence electrons. The number of carbonyl (C=O) groups is 2. The number of aromatic nitrogens is 1. The number of nitrogens with zero attached hydrogens (tertiary/aromatic N) is 2. The summed E-state index contributed by atoms with van der Waals surface area (Å²) in [6.45, 7) is 0.598. The Kier molecular flexibility index (Phi) is 3.39. The van der Waals surface area contributed by atoms with Crippen molar-refractivity contribution < 1.29 is 9.59 Å². The lowest BCUT2D eigenvalue weighted by Gasteiger charge is -2.22. The Morgan fingerprint density at radius 2 is 1.40 bits per heavy atom. The molecule has 2 amide bonds. The first-order valence-electron chi connectivity index (χ1n) is 9.87. The van der Waals surface area contributed by atoms with E-state index in [1.54, 1.807) is 41.0 Å². The van der Waals surface area contributed by atoms with Crippen LogP contribution in [-0.4, -0.2) is 16.4 Å². The van der Waals surface area contributed by atoms with Crippen LogP contribution in [0.15, 0.2) is 77.6 Å². The van der Waals surface area contributed by atoms with E-state index < -0.39 is 5.91 Å². The zero-order valence-electron chi connectivity index (χ0n) is 16.0. The van der Waals surface area contributed by atoms with Crippen molar-refractivity contribution in [3.8, 4) is 11.3 Å². The van der Waals surface area contributed by atoms with Gasteiger partial charge < -0.3 is 4.57 Å². The molecule has 2 aliphatic heterocycles. The number of rotatable bonds is 1. The van der Waals surface area contributed by atoms with Gasteiger partial charge in [-0.1, -0.05) is 42.5 Å². The zero-order chi connectivity index (χ0) is 20.4. The number of amides is 2. The summed E-state index contributed by atoms with van der Waals surface area (Å²) in [5.41, 5.74) is 4.12. The fourth-order valence-corrected chi connectivity index (χ4v) is 4.57. The second-order valence-electron chi connectivity index (χ2n) is 7.66. The fourth-order valence-electron chi connectivity index (χ4n) is 4.57. The number of hydrogen-bond donors (Lipinski definition) is 0. The lowest BCUT2D eigenvalue weighted by atomic mass is 9.95. The van der Waals surface area contributed by atoms with Crippen molar-refractivity contribution >= 4 is 28.3 Å². The van der Waals surface area contributed by atoms with Crippen molar-refractivity contribution in [2.45, 2.75) is 13.0 Å². The van der Waals surface area contributed by atoms with Crippen LogP contribution in [0.5, 0.6) is 0 Å². The second-order valence-corrected chi connectivity index (χ2v) is 7.66. The zero-order valence-corrected chi connectivity index (χ0v) is 16.0. The molecule has 0 N–H and O–H groups in total. The number of imide groups is 1. The number of pyridine rings is 1. The summed E-state index contributed by atoms with van der Waals surface area (Å²) < 4.78 is 1.77. The molecule has 0 unspecified atom stereocenters. The Bertz CT molecular complexity index is 1450. The number of para-hydroxylation sites is 1. The highest BCUT2D eigenvalue weighted by molar-refractivity contribution is 6.35. The number of anilines is 1. The molecule has 3 heterocycles. The third-order valence-corrected chi connectivity index (χ3v) is 6.03. The van der Waals surface area contributed by atoms with Gasteiger partial charge in [-0.15, -0.1) is 0 Å². The molecule has 3 aromatic carbocycles. The Morgan fingerprint density at radius 3 is 2.20 bits per heavy atom. The van der Waals surface area contributed by atoms with E-state index in [0.29, 0.717) is 28.6 Å². The lowest BCUT2D eigenvalue weighted by Crippen LogP contribution is -2.29. The SMILES string of the molecule is O=C1c2cc3cc4n(c(=O)c3cc2C(=O)N1c1ccccc1)CCc1ccccc1-4. The standard InChI is InChI=1S/C25H16N2O3/c28-23-19-14-21-20(24(29)27(25(21)30)17-7-2-1-3-8-17)12-16(19)13-22-18-9-5-4-6-15(18)10-11-26(22)23/h1-9,12-14H,10-11H2. The number of fused-ring (bicyclic) bond motifs is 5. The average molecular weight is 392 g/mol. The molecule has 6 rings (SSSR count). The number of carbonyl (C=O) groups excluding carboxylic acids is 2. The highest BCUT2D eigenvalue weighted by atomic mass is 16.2. The smallest absolute Gasteiger partial charge is 0.266 e. The van der Waals surface area contributed by atoms with E-state index in [4.69, 9.17) is 0 Å². The molecule has 0 fully saturated rings. The van der Waals surface area contributed by atoms with Gasteiger partial charge in [0.15, 0.2) is 0 Å². The maximum atomic E-state index is 13.3. The quantitative estimate of drug-likeness (QED) is 0.460. The molecule has 1 aromatic heterocycles. The largest absolute Gasteiger partial charge is 0.307 e. The molecule has 0 radical (unpaired) electrons. The van der Waals surface area contributed by atoms with Gasteiger partial charge in [0, 0.05) is 17.5 Å². The molecule has 30 heavy (non-hydrogen) atoms. The van der Waals surface area contributed by atoms with E-state index >= 15 is 0 Å². The Balaban J connectivity index is 1.59. The second kappa shape index (κ2) is 6.00. The van der Waals surface area contributed by atoms with Crippen LogP contribution in [-0.2, 0) is 13.0 Å². The Labute approximate surface area is 171 Å². The summed E-state index contributed by atoms with van der Waals surface area (Å²) in [5.74, 6) is -0.753. The number of aryl methyl sites for hydroxylation is 1. The van der Waals surface area contributed by atoms with Gasteiger partial charge in [0.05, 0.1) is 22.5 Å². The topological polar surface area (TPSA) is 59.4 Å². The molecule has 0 saturated heterocycles. The molecular formula is C25H16N2O3. The molecule has 5 heteroatoms. The minimum Gasteiger partial charge on any atom is -0.307 e. The summed E-state index contributed by atoms with van der Waals surface area (Å²) in [4.78, 5) is 40.5. The van der Waals surface area contributed by atoms with Gasteiger partial charge in [0.25, 0.3) is 17.4 Å². The van der Waals surface area contributed by atoms with Gasteiger partial charge >= 0.3 is 0 Å². The van der Waals surface area contributed by atoms with Gasteiger partial charge in [-0.3, -0.25) is 14.4 Å². The minimum absolute atomic E-state index is 0.127. The van der Waals surface area contributed by atoms with Crippen LogP contribution in [0, 0.1) is 0 Å². The Morgan fingerprint density at radius 1 is 0.700 bits per heavy atom. The predicted octanol–water partition coefficient (Wildman–Crippen LogP) is 4.03. The maximum Gasteiger partial charge on any atom is 0.266 e. The Hall–Kier alpha value is -3.99. The first-order chi connectivity index (χ1) is 14.6. The summed E-state index contributed by atoms with van der Waals surface area (Å²) in [6, 6.07) is 22.2. The van der Waals surface area contributed by atoms with Crippen molar-refractivity contribution in [1.82, 2.24) is 4.57 Å². The predicted molar refractivity (Wildman–Crippen MR) is 115 cm³/mol. The van der Waals surface area contributed by atoms with Crippen LogP contribution in [0.1, 0.15) is 26.3 Å². The monoisotopic (exact) mass is 392 g/mol. The van der Waals surface area contributed by atoms with E-state index in [0.717, 1.165) is 17.7 Å². The van der Waals surface area contributed by atoms with Crippen molar-refractivity contribution in [2.75, 3.05) is 4.90 Å². The molecule has 2 aliphatic rings. The molecule has 4 aromatic rings. The maximum absolute atomic E-state index is 13.3. The van der Waals surface area contributed by atoms with E-state index in [1.807, 2.05) is 30.3 Å². The van der Waals surface area contributed by atoms with Crippen molar-refractivity contribution in [3.05, 3.63) is 99.8 Å². The molecule has 0 saturated carbocycles. The fraction of sp³-hybridized carbons (Fsp3) is 0.0800. The van der Waals surface area contributed by atoms with Crippen LogP contribution in [0.25, 0.3) is 22.0 Å². The number of hydrogen-bond acceptors (Lipinski definition) is 3. The van der Waals surface area contributed by atoms with Gasteiger partial charge in [-0.05, 0) is 47.7 Å². The van der Waals surface area contributed by atoms with E-state index in [-0.39, 0.29) is 17.0 Å². The first kappa shape index (κ1) is 16.9. The summed E-state index contributed by atoms with van der Waals surface area (Å²) in [5, 5.41) is 1.14. The van der Waals surface area contributed by atoms with Crippen molar-refractivity contribution in [2.24, 2.45) is 0 Å². The molecule has 0 aliphatic carbocycles. The first-order valence-corrected chi connectivity index (χ1v) is 9.87. The lowest BCUT2D eigenvalue weighted by molar-refractivity contribution is 0.0926. The van der Waals surface area contributed by atoms with Gasteiger partial charge in [0.2, 0.25) is 0 Å². The molecule has 5 nitrogen and oxygen atoms in total. The van der Waals surface area contributed by atoms with Crippen molar-refractivity contribution in [1.29, 1.82) is 0 Å². The van der Waals surface area contributed by atoms with Crippen molar-refractivity contribution in [3.63, 3.8) is 0 Å². The van der Waals surface area contributed by atoms with Crippen LogP contribution in [0.3, 0.4) is 0 Å². The molecule has 0 atom stereocenters. The van der Waals surface area contributed by atoms with E-state index in [2.05, 4.69) is 6.07 Å². The highest BCUT2D eigenvalue weighted by Crippen LogP contribution is 2.34. The highest BCUT2D eigenvalue weighted by Gasteiger charge is 2.37. The van der Waals surface area contributed by atoms with Gasteiger partial charge in [0.1, 0.15) is 0 Å². The summed E-state index contributed by atoms with van der Waals surface area (Å²) >= 11 is 0. The van der Waals surface area contributed by atoms with Gasteiger partial charge in [-0.25, -0.2) is 4.90 Å². The average Bonchev–Trinajstić information content (AvgIpc) is 3.03. The van der Waals surface area contributed by atoms with Gasteiger partial charge in [-0.2, -0.15) is 0 Å². The molecule has 0 bridgehead atoms. The van der Waals surface area contributed by atoms with E-state index in [1.165, 1.54) is 10.5 Å². The molecule has 0 spiro atoms. The molecular weight excluding hydrogens is 376 g/mol. The normalized spacial score (nSPS) is 14.6. The summed E-state index contributed by atoms with van der Waals surface area (Å²) in [7, 11) is 0. The minimum atomic E-state index is -0.393. The third-order valence-electron chi connectivity index (χ3n) is 6.03. The van der Waals surface area contributed by atoms with Crippen LogP contribution < -0.4 is 10.5 Å². The van der Waals surface area contributed by atoms with E-state index in [9.17, 15) is 14.4 Å². The van der Waals surface area contributed by atoms with Crippen LogP contribution in [0.2, 0.25) is 0 Å². The van der Waals surface area contributed by atoms with Crippen LogP contribution >= 0.6 is 0 Å². The van der Waals surface area contributed by atoms with Crippen LogP contribution in [0.4, 0.5) is 5.69 Å². The summed E-state index contributed by atoms with van der Waals surface area (Å²) in [6.07, 6.45) is 0.790. The third kappa shape index (κ3) is 2.20. The number of benzene rings is 3.